The van der Waals surface area contributed by atoms with Crippen molar-refractivity contribution in [2.75, 3.05) is 5.73 Å². The second-order valence-electron chi connectivity index (χ2n) is 5.58. The number of aromatic nitrogens is 1. The van der Waals surface area contributed by atoms with Gasteiger partial charge in [0.25, 0.3) is 0 Å². The fourth-order valence-electron chi connectivity index (χ4n) is 2.81. The quantitative estimate of drug-likeness (QED) is 0.876. The molecule has 5 nitrogen and oxygen atoms in total. The number of carboxylic acids is 1. The number of nitrogens with zero attached hydrogens (tertiary/aromatic N) is 1. The number of carbonyl (C=O) groups is 1. The molecule has 1 aliphatic carbocycles. The molecule has 1 heterocycles. The Morgan fingerprint density at radius 1 is 1.37 bits per heavy atom. The van der Waals surface area contributed by atoms with E-state index in [2.05, 4.69) is 18.8 Å². The van der Waals surface area contributed by atoms with Gasteiger partial charge >= 0.3 is 5.97 Å². The molecule has 1 fully saturated rings. The molecule has 0 spiro atoms. The van der Waals surface area contributed by atoms with Crippen molar-refractivity contribution in [3.8, 4) is 5.88 Å². The molecular weight excluding hydrogens is 244 g/mol. The summed E-state index contributed by atoms with van der Waals surface area (Å²) in [6.45, 7) is 4.44. The highest BCUT2D eigenvalue weighted by Gasteiger charge is 2.26. The van der Waals surface area contributed by atoms with E-state index in [-0.39, 0.29) is 17.4 Å². The molecule has 0 amide bonds. The van der Waals surface area contributed by atoms with Crippen LogP contribution in [0.15, 0.2) is 12.3 Å². The molecule has 0 aliphatic heterocycles. The van der Waals surface area contributed by atoms with Crippen LogP contribution in [0.1, 0.15) is 43.5 Å². The lowest BCUT2D eigenvalue weighted by atomic mass is 9.82. The topological polar surface area (TPSA) is 85.4 Å². The molecule has 0 bridgehead atoms. The summed E-state index contributed by atoms with van der Waals surface area (Å²) in [5.41, 5.74) is 6.16. The Balaban J connectivity index is 2.08. The second-order valence-corrected chi connectivity index (χ2v) is 5.58. The van der Waals surface area contributed by atoms with Crippen molar-refractivity contribution in [3.05, 3.63) is 17.8 Å². The first-order valence-electron chi connectivity index (χ1n) is 6.61. The predicted molar refractivity (Wildman–Crippen MR) is 72.2 cm³/mol. The average Bonchev–Trinajstić information content (AvgIpc) is 2.30. The molecule has 2 rings (SSSR count). The van der Waals surface area contributed by atoms with Crippen molar-refractivity contribution >= 4 is 11.7 Å². The predicted octanol–water partition coefficient (Wildman–Crippen LogP) is 2.57. The molecule has 5 heteroatoms. The van der Waals surface area contributed by atoms with Gasteiger partial charge in [0.1, 0.15) is 6.10 Å². The summed E-state index contributed by atoms with van der Waals surface area (Å²) in [7, 11) is 0. The first-order chi connectivity index (χ1) is 8.95. The van der Waals surface area contributed by atoms with E-state index in [0.29, 0.717) is 17.7 Å². The van der Waals surface area contributed by atoms with Crippen LogP contribution in [-0.4, -0.2) is 22.2 Å². The first-order valence-corrected chi connectivity index (χ1v) is 6.61. The third-order valence-corrected chi connectivity index (χ3v) is 3.54. The van der Waals surface area contributed by atoms with Gasteiger partial charge in [-0.3, -0.25) is 0 Å². The van der Waals surface area contributed by atoms with Gasteiger partial charge in [-0.2, -0.15) is 0 Å². The number of ether oxygens (including phenoxy) is 1. The van der Waals surface area contributed by atoms with E-state index in [1.54, 1.807) is 0 Å². The molecule has 2 atom stereocenters. The van der Waals surface area contributed by atoms with E-state index in [4.69, 9.17) is 15.6 Å². The van der Waals surface area contributed by atoms with Crippen molar-refractivity contribution in [1.29, 1.82) is 0 Å². The molecule has 0 aromatic carbocycles. The third-order valence-electron chi connectivity index (χ3n) is 3.54. The summed E-state index contributed by atoms with van der Waals surface area (Å²) < 4.78 is 5.83. The zero-order chi connectivity index (χ0) is 14.0. The fourth-order valence-corrected chi connectivity index (χ4v) is 2.81. The van der Waals surface area contributed by atoms with E-state index >= 15 is 0 Å². The minimum absolute atomic E-state index is 0.0789. The Kier molecular flexibility index (Phi) is 3.93. The van der Waals surface area contributed by atoms with Gasteiger partial charge in [0.05, 0.1) is 11.3 Å². The second kappa shape index (κ2) is 5.47. The number of hydrogen-bond acceptors (Lipinski definition) is 4. The Morgan fingerprint density at radius 3 is 2.53 bits per heavy atom. The summed E-state index contributed by atoms with van der Waals surface area (Å²) in [4.78, 5) is 14.8. The SMILES string of the molecule is CC1CC(C)CC(Oc2ncc(C(=O)O)cc2N)C1. The van der Waals surface area contributed by atoms with Crippen LogP contribution in [-0.2, 0) is 0 Å². The smallest absolute Gasteiger partial charge is 0.337 e. The molecule has 0 radical (unpaired) electrons. The fraction of sp³-hybridized carbons (Fsp3) is 0.571. The van der Waals surface area contributed by atoms with Crippen LogP contribution in [0.4, 0.5) is 5.69 Å². The molecule has 0 saturated heterocycles. The zero-order valence-electron chi connectivity index (χ0n) is 11.3. The molecule has 19 heavy (non-hydrogen) atoms. The number of hydrogen-bond donors (Lipinski definition) is 2. The van der Waals surface area contributed by atoms with Crippen LogP contribution >= 0.6 is 0 Å². The molecule has 1 aromatic rings. The van der Waals surface area contributed by atoms with E-state index in [9.17, 15) is 4.79 Å². The number of carboxylic acid groups (broad SMARTS) is 1. The largest absolute Gasteiger partial charge is 0.478 e. The number of nitrogen functional groups attached to an aromatic ring is 1. The van der Waals surface area contributed by atoms with Crippen molar-refractivity contribution < 1.29 is 14.6 Å². The number of rotatable bonds is 3. The lowest BCUT2D eigenvalue weighted by Gasteiger charge is -2.31. The van der Waals surface area contributed by atoms with Crippen LogP contribution < -0.4 is 10.5 Å². The van der Waals surface area contributed by atoms with Crippen molar-refractivity contribution in [3.63, 3.8) is 0 Å². The van der Waals surface area contributed by atoms with E-state index in [1.165, 1.54) is 18.7 Å². The van der Waals surface area contributed by atoms with Crippen LogP contribution in [0, 0.1) is 11.8 Å². The van der Waals surface area contributed by atoms with Crippen molar-refractivity contribution in [2.45, 2.75) is 39.2 Å². The van der Waals surface area contributed by atoms with Crippen LogP contribution in [0.25, 0.3) is 0 Å². The van der Waals surface area contributed by atoms with Crippen molar-refractivity contribution in [2.24, 2.45) is 11.8 Å². The Hall–Kier alpha value is -1.78. The van der Waals surface area contributed by atoms with E-state index in [0.717, 1.165) is 12.8 Å². The zero-order valence-corrected chi connectivity index (χ0v) is 11.3. The number of anilines is 1. The molecule has 2 unspecified atom stereocenters. The minimum Gasteiger partial charge on any atom is -0.478 e. The molecule has 1 saturated carbocycles. The molecule has 3 N–H and O–H groups in total. The highest BCUT2D eigenvalue weighted by molar-refractivity contribution is 5.88. The van der Waals surface area contributed by atoms with Gasteiger partial charge < -0.3 is 15.6 Å². The Bertz CT molecular complexity index is 466. The number of pyridine rings is 1. The standard InChI is InChI=1S/C14H20N2O3/c1-8-3-9(2)5-11(4-8)19-13-12(15)6-10(7-16-13)14(17)18/h6-9,11H,3-5,15H2,1-2H3,(H,17,18). The number of aromatic carboxylic acids is 1. The van der Waals surface area contributed by atoms with Gasteiger partial charge in [-0.05, 0) is 37.2 Å². The van der Waals surface area contributed by atoms with Gasteiger partial charge in [0.15, 0.2) is 0 Å². The summed E-state index contributed by atoms with van der Waals surface area (Å²) in [6.07, 6.45) is 4.60. The molecule has 1 aromatic heterocycles. The normalized spacial score (nSPS) is 26.9. The molecular formula is C14H20N2O3. The maximum atomic E-state index is 10.8. The summed E-state index contributed by atoms with van der Waals surface area (Å²) in [6, 6.07) is 1.39. The highest BCUT2D eigenvalue weighted by Crippen LogP contribution is 2.32. The molecule has 1 aliphatic rings. The van der Waals surface area contributed by atoms with Gasteiger partial charge in [-0.25, -0.2) is 9.78 Å². The molecule has 104 valence electrons. The highest BCUT2D eigenvalue weighted by atomic mass is 16.5. The monoisotopic (exact) mass is 264 g/mol. The lowest BCUT2D eigenvalue weighted by Crippen LogP contribution is -2.29. The Morgan fingerprint density at radius 2 is 2.00 bits per heavy atom. The number of nitrogens with two attached hydrogens (primary N) is 1. The van der Waals surface area contributed by atoms with E-state index in [1.807, 2.05) is 0 Å². The van der Waals surface area contributed by atoms with Gasteiger partial charge in [0, 0.05) is 6.20 Å². The Labute approximate surface area is 112 Å². The summed E-state index contributed by atoms with van der Waals surface area (Å²) >= 11 is 0. The summed E-state index contributed by atoms with van der Waals surface area (Å²) in [5, 5.41) is 8.85. The van der Waals surface area contributed by atoms with Gasteiger partial charge in [-0.1, -0.05) is 13.8 Å². The van der Waals surface area contributed by atoms with Crippen molar-refractivity contribution in [1.82, 2.24) is 4.98 Å². The van der Waals surface area contributed by atoms with Gasteiger partial charge in [-0.15, -0.1) is 0 Å². The van der Waals surface area contributed by atoms with Crippen LogP contribution in [0.2, 0.25) is 0 Å². The van der Waals surface area contributed by atoms with Gasteiger partial charge in [0.2, 0.25) is 5.88 Å². The summed E-state index contributed by atoms with van der Waals surface area (Å²) in [5.74, 6) is 0.573. The lowest BCUT2D eigenvalue weighted by molar-refractivity contribution is 0.0696. The third kappa shape index (κ3) is 3.36. The first kappa shape index (κ1) is 13.6. The average molecular weight is 264 g/mol. The van der Waals surface area contributed by atoms with Crippen LogP contribution in [0.5, 0.6) is 5.88 Å². The maximum absolute atomic E-state index is 10.8. The van der Waals surface area contributed by atoms with E-state index < -0.39 is 5.97 Å². The van der Waals surface area contributed by atoms with Crippen LogP contribution in [0.3, 0.4) is 0 Å². The maximum Gasteiger partial charge on any atom is 0.337 e. The minimum atomic E-state index is -1.04.